The van der Waals surface area contributed by atoms with E-state index < -0.39 is 97.5 Å². The van der Waals surface area contributed by atoms with Crippen LogP contribution in [0.5, 0.6) is 0 Å². The molecule has 0 aliphatic carbocycles. The van der Waals surface area contributed by atoms with Crippen molar-refractivity contribution in [1.29, 1.82) is 0 Å². The zero-order chi connectivity index (χ0) is 79.2. The Kier molecular flexibility index (Phi) is 78.8. The molecule has 17 nitrogen and oxygen atoms in total. The van der Waals surface area contributed by atoms with E-state index in [-0.39, 0.29) is 25.7 Å². The molecule has 0 bridgehead atoms. The lowest BCUT2D eigenvalue weighted by Crippen LogP contribution is -2.30. The number of unbranched alkanes of at least 4 members (excludes halogenated alkanes) is 56. The maximum atomic E-state index is 13.2. The SMILES string of the molecule is CCCCCCCCCCCCCCCCCCCCC(=O)O[C@H](COC(=O)CCCCCCCCCCCC)COP(=O)(O)OC[C@H](O)COP(=O)(O)OC[C@@H](COC(=O)CCCCCCCCCCCCCCCCC(C)CC)OC(=O)CCCCCCCCCCCCCCCCCCCCC(C)CC. The van der Waals surface area contributed by atoms with E-state index >= 15 is 0 Å². The first-order valence-electron chi connectivity index (χ1n) is 46.1. The maximum Gasteiger partial charge on any atom is 0.472 e. The molecule has 0 aromatic carbocycles. The van der Waals surface area contributed by atoms with Crippen molar-refractivity contribution < 1.29 is 80.2 Å². The van der Waals surface area contributed by atoms with E-state index in [1.165, 1.54) is 295 Å². The van der Waals surface area contributed by atoms with Crippen LogP contribution in [0.2, 0.25) is 0 Å². The van der Waals surface area contributed by atoms with Crippen LogP contribution in [-0.2, 0) is 65.4 Å². The van der Waals surface area contributed by atoms with Crippen LogP contribution in [0.1, 0.15) is 478 Å². The van der Waals surface area contributed by atoms with E-state index in [4.69, 9.17) is 37.0 Å². The fourth-order valence-electron chi connectivity index (χ4n) is 13.9. The van der Waals surface area contributed by atoms with Crippen molar-refractivity contribution in [2.75, 3.05) is 39.6 Å². The first-order chi connectivity index (χ1) is 52.4. The van der Waals surface area contributed by atoms with Crippen molar-refractivity contribution in [1.82, 2.24) is 0 Å². The smallest absolute Gasteiger partial charge is 0.462 e. The van der Waals surface area contributed by atoms with Crippen molar-refractivity contribution in [3.63, 3.8) is 0 Å². The second-order valence-electron chi connectivity index (χ2n) is 32.5. The van der Waals surface area contributed by atoms with Gasteiger partial charge in [0.25, 0.3) is 0 Å². The second kappa shape index (κ2) is 80.3. The third-order valence-electron chi connectivity index (χ3n) is 21.7. The predicted octanol–water partition coefficient (Wildman–Crippen LogP) is 27.4. The van der Waals surface area contributed by atoms with Crippen molar-refractivity contribution in [2.24, 2.45) is 11.8 Å². The highest BCUT2D eigenvalue weighted by atomic mass is 31.2. The molecule has 0 radical (unpaired) electrons. The minimum atomic E-state index is -4.97. The number of phosphoric acid groups is 2. The molecule has 0 aliphatic heterocycles. The summed E-state index contributed by atoms with van der Waals surface area (Å²) in [5.41, 5.74) is 0. The molecule has 642 valence electrons. The Morgan fingerprint density at radius 3 is 0.657 bits per heavy atom. The van der Waals surface area contributed by atoms with Crippen LogP contribution in [0.15, 0.2) is 0 Å². The zero-order valence-corrected chi connectivity index (χ0v) is 73.0. The summed E-state index contributed by atoms with van der Waals surface area (Å²) in [5, 5.41) is 10.7. The topological polar surface area (TPSA) is 237 Å². The third-order valence-corrected chi connectivity index (χ3v) is 23.6. The normalized spacial score (nSPS) is 14.3. The summed E-state index contributed by atoms with van der Waals surface area (Å²) in [6.07, 6.45) is 73.5. The van der Waals surface area contributed by atoms with E-state index in [0.29, 0.717) is 25.7 Å². The number of carbonyl (C=O) groups excluding carboxylic acids is 4. The summed E-state index contributed by atoms with van der Waals surface area (Å²) in [6.45, 7) is 9.81. The van der Waals surface area contributed by atoms with Gasteiger partial charge in [-0.05, 0) is 37.5 Å². The van der Waals surface area contributed by atoms with Gasteiger partial charge >= 0.3 is 39.5 Å². The molecule has 0 aromatic rings. The van der Waals surface area contributed by atoms with E-state index in [1.54, 1.807) is 0 Å². The van der Waals surface area contributed by atoms with E-state index in [2.05, 4.69) is 41.5 Å². The van der Waals surface area contributed by atoms with Crippen molar-refractivity contribution in [3.8, 4) is 0 Å². The molecule has 0 aromatic heterocycles. The molecule has 19 heteroatoms. The second-order valence-corrected chi connectivity index (χ2v) is 35.4. The molecule has 0 saturated carbocycles. The highest BCUT2D eigenvalue weighted by Gasteiger charge is 2.31. The molecule has 0 heterocycles. The van der Waals surface area contributed by atoms with Crippen LogP contribution in [-0.4, -0.2) is 96.7 Å². The van der Waals surface area contributed by atoms with Gasteiger partial charge in [-0.2, -0.15) is 0 Å². The first-order valence-corrected chi connectivity index (χ1v) is 49.1. The van der Waals surface area contributed by atoms with E-state index in [0.717, 1.165) is 102 Å². The molecule has 0 aliphatic rings. The monoisotopic (exact) mass is 1580 g/mol. The molecule has 0 fully saturated rings. The summed E-state index contributed by atoms with van der Waals surface area (Å²) in [6, 6.07) is 0. The number of hydrogen-bond donors (Lipinski definition) is 3. The lowest BCUT2D eigenvalue weighted by Gasteiger charge is -2.21. The number of rotatable bonds is 88. The lowest BCUT2D eigenvalue weighted by molar-refractivity contribution is -0.161. The number of carbonyl (C=O) groups is 4. The minimum absolute atomic E-state index is 0.109. The van der Waals surface area contributed by atoms with Gasteiger partial charge < -0.3 is 33.8 Å². The van der Waals surface area contributed by atoms with Gasteiger partial charge in [-0.3, -0.25) is 37.3 Å². The number of hydrogen-bond acceptors (Lipinski definition) is 15. The van der Waals surface area contributed by atoms with Crippen molar-refractivity contribution in [3.05, 3.63) is 0 Å². The molecule has 3 N–H and O–H groups in total. The number of esters is 4. The quantitative estimate of drug-likeness (QED) is 0.0222. The lowest BCUT2D eigenvalue weighted by atomic mass is 9.99. The molecule has 108 heavy (non-hydrogen) atoms. The van der Waals surface area contributed by atoms with Gasteiger partial charge in [-0.15, -0.1) is 0 Å². The summed E-state index contributed by atoms with van der Waals surface area (Å²) in [4.78, 5) is 73.3. The highest BCUT2D eigenvalue weighted by molar-refractivity contribution is 7.47. The van der Waals surface area contributed by atoms with Gasteiger partial charge in [0.1, 0.15) is 19.3 Å². The molecule has 0 spiro atoms. The summed E-state index contributed by atoms with van der Waals surface area (Å²) < 4.78 is 69.0. The standard InChI is InChI=1S/C89H174O17P2/c1-7-11-13-15-17-19-21-22-23-24-28-31-38-43-49-55-61-67-73-88(93)105-84(77-99-86(91)71-65-59-53-47-20-18-16-14-12-8-2)79-103-107(95,96)101-75-83(90)76-102-108(97,98)104-80-85(78-100-87(92)72-66-60-54-48-42-37-34-33-36-41-46-52-58-64-70-82(6)10-4)106-89(94)74-68-62-56-50-44-39-32-29-26-25-27-30-35-40-45-51-57-63-69-81(5)9-3/h81-85,90H,7-80H2,1-6H3,(H,95,96)(H,97,98)/t81?,82?,83-,84+,85+/m0/s1. The first kappa shape index (κ1) is 106. The van der Waals surface area contributed by atoms with E-state index in [1.807, 2.05) is 0 Å². The van der Waals surface area contributed by atoms with Gasteiger partial charge in [0.2, 0.25) is 0 Å². The molecule has 0 saturated heterocycles. The number of ether oxygens (including phenoxy) is 4. The highest BCUT2D eigenvalue weighted by Crippen LogP contribution is 2.45. The third kappa shape index (κ3) is 79.3. The van der Waals surface area contributed by atoms with Crippen LogP contribution < -0.4 is 0 Å². The molecular weight excluding hydrogens is 1400 g/mol. The molecular formula is C89H174O17P2. The Labute approximate surface area is 664 Å². The van der Waals surface area contributed by atoms with E-state index in [9.17, 15) is 43.2 Å². The Balaban J connectivity index is 5.22. The van der Waals surface area contributed by atoms with Gasteiger partial charge in [0, 0.05) is 25.7 Å². The minimum Gasteiger partial charge on any atom is -0.462 e. The van der Waals surface area contributed by atoms with Gasteiger partial charge in [0.15, 0.2) is 12.2 Å². The summed E-state index contributed by atoms with van der Waals surface area (Å²) in [7, 11) is -9.93. The molecule has 0 amide bonds. The Morgan fingerprint density at radius 1 is 0.259 bits per heavy atom. The molecule has 0 rings (SSSR count). The van der Waals surface area contributed by atoms with Crippen molar-refractivity contribution in [2.45, 2.75) is 496 Å². The van der Waals surface area contributed by atoms with Crippen LogP contribution in [0.25, 0.3) is 0 Å². The van der Waals surface area contributed by atoms with Gasteiger partial charge in [-0.1, -0.05) is 427 Å². The van der Waals surface area contributed by atoms with Crippen LogP contribution in [0.3, 0.4) is 0 Å². The summed E-state index contributed by atoms with van der Waals surface area (Å²) in [5.74, 6) is -0.377. The van der Waals surface area contributed by atoms with Crippen molar-refractivity contribution >= 4 is 39.5 Å². The largest absolute Gasteiger partial charge is 0.472 e. The fraction of sp³-hybridized carbons (Fsp3) is 0.955. The number of phosphoric ester groups is 2. The van der Waals surface area contributed by atoms with Gasteiger partial charge in [0.05, 0.1) is 26.4 Å². The summed E-state index contributed by atoms with van der Waals surface area (Å²) >= 11 is 0. The fourth-order valence-corrected chi connectivity index (χ4v) is 15.5. The zero-order valence-electron chi connectivity index (χ0n) is 71.2. The average Bonchev–Trinajstić information content (AvgIpc) is 0.898. The maximum absolute atomic E-state index is 13.2. The van der Waals surface area contributed by atoms with Crippen LogP contribution in [0.4, 0.5) is 0 Å². The number of aliphatic hydroxyl groups is 1. The molecule has 4 unspecified atom stereocenters. The number of aliphatic hydroxyl groups excluding tert-OH is 1. The van der Waals surface area contributed by atoms with Crippen LogP contribution >= 0.6 is 15.6 Å². The van der Waals surface area contributed by atoms with Gasteiger partial charge in [-0.25, -0.2) is 9.13 Å². The Morgan fingerprint density at radius 2 is 0.444 bits per heavy atom. The Hall–Kier alpha value is -1.94. The Bertz CT molecular complexity index is 2070. The predicted molar refractivity (Wildman–Crippen MR) is 446 cm³/mol. The average molecular weight is 1580 g/mol. The van der Waals surface area contributed by atoms with Crippen LogP contribution in [0, 0.1) is 11.8 Å². The molecule has 7 atom stereocenters.